The summed E-state index contributed by atoms with van der Waals surface area (Å²) >= 11 is 0. The van der Waals surface area contributed by atoms with Crippen molar-refractivity contribution in [2.45, 2.75) is 19.3 Å². The van der Waals surface area contributed by atoms with Crippen LogP contribution in [-0.2, 0) is 5.41 Å². The predicted molar refractivity (Wildman–Crippen MR) is 227 cm³/mol. The normalized spacial score (nSPS) is 13.2. The van der Waals surface area contributed by atoms with E-state index in [1.807, 2.05) is 0 Å². The lowest BCUT2D eigenvalue weighted by Crippen LogP contribution is -2.15. The molecule has 0 N–H and O–H groups in total. The molecule has 0 aliphatic heterocycles. The van der Waals surface area contributed by atoms with Crippen molar-refractivity contribution in [2.75, 3.05) is 0 Å². The first-order valence-electron chi connectivity index (χ1n) is 18.7. The molecule has 0 aromatic heterocycles. The van der Waals surface area contributed by atoms with E-state index < -0.39 is 0 Å². The fourth-order valence-electron chi connectivity index (χ4n) is 9.17. The molecule has 0 saturated carbocycles. The van der Waals surface area contributed by atoms with Gasteiger partial charge in [-0.2, -0.15) is 0 Å². The third kappa shape index (κ3) is 4.62. The summed E-state index contributed by atoms with van der Waals surface area (Å²) < 4.78 is 0. The quantitative estimate of drug-likeness (QED) is 0.163. The van der Waals surface area contributed by atoms with Gasteiger partial charge < -0.3 is 0 Å². The Hall–Kier alpha value is -6.50. The molecule has 0 radical (unpaired) electrons. The monoisotopic (exact) mass is 672 g/mol. The number of benzene rings is 10. The van der Waals surface area contributed by atoms with Crippen LogP contribution in [0.15, 0.2) is 182 Å². The first-order valence-corrected chi connectivity index (χ1v) is 18.7. The summed E-state index contributed by atoms with van der Waals surface area (Å²) in [5.74, 6) is 0. The number of hydrogen-bond donors (Lipinski definition) is 0. The van der Waals surface area contributed by atoms with Crippen LogP contribution in [0.25, 0.3) is 98.7 Å². The Kier molecular flexibility index (Phi) is 6.40. The van der Waals surface area contributed by atoms with E-state index >= 15 is 0 Å². The lowest BCUT2D eigenvalue weighted by molar-refractivity contribution is 0.661. The predicted octanol–water partition coefficient (Wildman–Crippen LogP) is 14.7. The molecule has 1 aliphatic carbocycles. The Bertz CT molecular complexity index is 3050. The van der Waals surface area contributed by atoms with Gasteiger partial charge in [0.15, 0.2) is 0 Å². The molecule has 0 bridgehead atoms. The molecule has 0 spiro atoms. The number of rotatable bonds is 4. The van der Waals surface area contributed by atoms with Crippen LogP contribution < -0.4 is 0 Å². The molecule has 0 nitrogen and oxygen atoms in total. The van der Waals surface area contributed by atoms with Crippen LogP contribution in [0.1, 0.15) is 25.0 Å². The third-order valence-corrected chi connectivity index (χ3v) is 12.0. The topological polar surface area (TPSA) is 0 Å². The average Bonchev–Trinajstić information content (AvgIpc) is 3.44. The second kappa shape index (κ2) is 11.2. The van der Waals surface area contributed by atoms with Crippen molar-refractivity contribution in [2.24, 2.45) is 0 Å². The molecule has 10 aromatic rings. The van der Waals surface area contributed by atoms with E-state index in [-0.39, 0.29) is 5.41 Å². The van der Waals surface area contributed by atoms with E-state index in [0.29, 0.717) is 0 Å². The number of hydrogen-bond acceptors (Lipinski definition) is 0. The molecule has 0 unspecified atom stereocenters. The second-order valence-electron chi connectivity index (χ2n) is 15.3. The minimum Gasteiger partial charge on any atom is -0.0616 e. The molecule has 248 valence electrons. The molecule has 0 saturated heterocycles. The molecule has 0 heteroatoms. The summed E-state index contributed by atoms with van der Waals surface area (Å²) in [5.41, 5.74) is 15.4. The molecule has 0 atom stereocenters. The fraction of sp³-hybridized carbons (Fsp3) is 0.0566. The van der Waals surface area contributed by atoms with Crippen molar-refractivity contribution in [1.82, 2.24) is 0 Å². The average molecular weight is 673 g/mol. The Labute approximate surface area is 310 Å². The van der Waals surface area contributed by atoms with Crippen molar-refractivity contribution in [1.29, 1.82) is 0 Å². The zero-order valence-electron chi connectivity index (χ0n) is 29.8. The SMILES string of the molecule is CC1(C)c2cc(-c3ccc(-c4ccc5ccccc5c4)cc3)ccc2-c2ccc(-c3cccc(-c4ccc5ccc6cccc7ccc4c5c67)c3)cc21. The van der Waals surface area contributed by atoms with Crippen LogP contribution in [0, 0.1) is 0 Å². The standard InChI is InChI=1S/C53H36/c1-53(2)49-31-42(35-15-13-34(14-16-35)41-20-17-33-7-3-4-8-39(33)29-41)23-26-46(49)47-27-24-43(32-50(47)53)40-11-6-12-44(30-40)45-25-21-38-19-18-36-9-5-10-37-22-28-48(45)52(38)51(36)37/h3-32H,1-2H3. The Morgan fingerprint density at radius 3 is 1.45 bits per heavy atom. The maximum atomic E-state index is 2.44. The van der Waals surface area contributed by atoms with Crippen molar-refractivity contribution >= 4 is 43.1 Å². The van der Waals surface area contributed by atoms with Crippen LogP contribution in [0.3, 0.4) is 0 Å². The first-order chi connectivity index (χ1) is 26.0. The van der Waals surface area contributed by atoms with Gasteiger partial charge in [-0.15, -0.1) is 0 Å². The van der Waals surface area contributed by atoms with Crippen molar-refractivity contribution in [3.05, 3.63) is 193 Å². The van der Waals surface area contributed by atoms with Gasteiger partial charge in [-0.3, -0.25) is 0 Å². The van der Waals surface area contributed by atoms with Gasteiger partial charge in [0.2, 0.25) is 0 Å². The third-order valence-electron chi connectivity index (χ3n) is 12.0. The highest BCUT2D eigenvalue weighted by atomic mass is 14.4. The summed E-state index contributed by atoms with van der Waals surface area (Å²) in [6, 6.07) is 68.0. The summed E-state index contributed by atoms with van der Waals surface area (Å²) in [4.78, 5) is 0. The number of fused-ring (bicyclic) bond motifs is 4. The summed E-state index contributed by atoms with van der Waals surface area (Å²) in [7, 11) is 0. The lowest BCUT2D eigenvalue weighted by Gasteiger charge is -2.23. The largest absolute Gasteiger partial charge is 0.0616 e. The zero-order chi connectivity index (χ0) is 35.3. The molecule has 0 amide bonds. The molecular formula is C53H36. The zero-order valence-corrected chi connectivity index (χ0v) is 29.8. The minimum absolute atomic E-state index is 0.120. The highest BCUT2D eigenvalue weighted by Crippen LogP contribution is 2.51. The molecule has 0 fully saturated rings. The van der Waals surface area contributed by atoms with Gasteiger partial charge in [-0.1, -0.05) is 172 Å². The lowest BCUT2D eigenvalue weighted by atomic mass is 9.80. The molecule has 53 heavy (non-hydrogen) atoms. The molecular weight excluding hydrogens is 637 g/mol. The van der Waals surface area contributed by atoms with Gasteiger partial charge in [-0.05, 0) is 134 Å². The van der Waals surface area contributed by atoms with E-state index in [1.165, 1.54) is 110 Å². The molecule has 10 aromatic carbocycles. The maximum Gasteiger partial charge on any atom is 0.0159 e. The Balaban J connectivity index is 0.931. The van der Waals surface area contributed by atoms with E-state index in [0.717, 1.165) is 0 Å². The smallest absolute Gasteiger partial charge is 0.0159 e. The van der Waals surface area contributed by atoms with Crippen LogP contribution in [0.5, 0.6) is 0 Å². The van der Waals surface area contributed by atoms with Crippen LogP contribution >= 0.6 is 0 Å². The van der Waals surface area contributed by atoms with Gasteiger partial charge in [0.25, 0.3) is 0 Å². The molecule has 11 rings (SSSR count). The van der Waals surface area contributed by atoms with Gasteiger partial charge in [0.05, 0.1) is 0 Å². The highest BCUT2D eigenvalue weighted by molar-refractivity contribution is 6.25. The molecule has 1 aliphatic rings. The van der Waals surface area contributed by atoms with Crippen LogP contribution in [-0.4, -0.2) is 0 Å². The van der Waals surface area contributed by atoms with E-state index in [4.69, 9.17) is 0 Å². The van der Waals surface area contributed by atoms with Gasteiger partial charge in [0.1, 0.15) is 0 Å². The summed E-state index contributed by atoms with van der Waals surface area (Å²) in [6.07, 6.45) is 0. The van der Waals surface area contributed by atoms with E-state index in [1.54, 1.807) is 0 Å². The van der Waals surface area contributed by atoms with Crippen LogP contribution in [0.4, 0.5) is 0 Å². The fourth-order valence-corrected chi connectivity index (χ4v) is 9.17. The van der Waals surface area contributed by atoms with Crippen molar-refractivity contribution in [3.63, 3.8) is 0 Å². The maximum absolute atomic E-state index is 2.44. The van der Waals surface area contributed by atoms with Crippen molar-refractivity contribution < 1.29 is 0 Å². The summed E-state index contributed by atoms with van der Waals surface area (Å²) in [6.45, 7) is 4.77. The van der Waals surface area contributed by atoms with E-state index in [9.17, 15) is 0 Å². The minimum atomic E-state index is -0.120. The second-order valence-corrected chi connectivity index (χ2v) is 15.3. The summed E-state index contributed by atoms with van der Waals surface area (Å²) in [5, 5.41) is 10.5. The van der Waals surface area contributed by atoms with Crippen LogP contribution in [0.2, 0.25) is 0 Å². The molecule has 0 heterocycles. The highest BCUT2D eigenvalue weighted by Gasteiger charge is 2.36. The Morgan fingerprint density at radius 2 is 0.736 bits per heavy atom. The van der Waals surface area contributed by atoms with Crippen molar-refractivity contribution in [3.8, 4) is 55.6 Å². The van der Waals surface area contributed by atoms with Gasteiger partial charge in [-0.25, -0.2) is 0 Å². The Morgan fingerprint density at radius 1 is 0.283 bits per heavy atom. The first kappa shape index (κ1) is 30.2. The van der Waals surface area contributed by atoms with Gasteiger partial charge >= 0.3 is 0 Å². The van der Waals surface area contributed by atoms with E-state index in [2.05, 4.69) is 196 Å². The van der Waals surface area contributed by atoms with Gasteiger partial charge in [0, 0.05) is 5.41 Å².